The first kappa shape index (κ1) is 16.9. The van der Waals surface area contributed by atoms with E-state index in [2.05, 4.69) is 4.72 Å². The van der Waals surface area contributed by atoms with Crippen LogP contribution in [-0.2, 0) is 14.8 Å². The van der Waals surface area contributed by atoms with Crippen LogP contribution in [0.2, 0.25) is 0 Å². The molecule has 2 aromatic carbocycles. The number of sulfonamides is 1. The molecule has 116 valence electrons. The molecule has 0 unspecified atom stereocenters. The SMILES string of the molecule is Cc1ccc(S(=O)(=O)NCC(=O)Oc2ccccc2I)cc1. The van der Waals surface area contributed by atoms with Crippen LogP contribution >= 0.6 is 22.6 Å². The average Bonchev–Trinajstić information content (AvgIpc) is 2.48. The Kier molecular flexibility index (Phi) is 5.54. The number of hydrogen-bond donors (Lipinski definition) is 1. The van der Waals surface area contributed by atoms with Crippen LogP contribution in [0, 0.1) is 10.5 Å². The van der Waals surface area contributed by atoms with Gasteiger partial charge >= 0.3 is 5.97 Å². The molecule has 0 fully saturated rings. The number of nitrogens with one attached hydrogen (secondary N) is 1. The number of aryl methyl sites for hydroxylation is 1. The second-order valence-corrected chi connectivity index (χ2v) is 7.47. The molecule has 0 spiro atoms. The number of para-hydroxylation sites is 1. The minimum atomic E-state index is -3.73. The summed E-state index contributed by atoms with van der Waals surface area (Å²) in [7, 11) is -3.73. The number of rotatable bonds is 5. The van der Waals surface area contributed by atoms with Gasteiger partial charge in [-0.15, -0.1) is 0 Å². The average molecular weight is 431 g/mol. The Morgan fingerprint density at radius 3 is 2.41 bits per heavy atom. The molecule has 2 rings (SSSR count). The summed E-state index contributed by atoms with van der Waals surface area (Å²) in [5.74, 6) is -0.262. The molecule has 0 radical (unpaired) electrons. The van der Waals surface area contributed by atoms with Crippen molar-refractivity contribution >= 4 is 38.6 Å². The molecule has 5 nitrogen and oxygen atoms in total. The molecule has 22 heavy (non-hydrogen) atoms. The van der Waals surface area contributed by atoms with E-state index in [9.17, 15) is 13.2 Å². The molecule has 1 N–H and O–H groups in total. The molecule has 0 bridgehead atoms. The Labute approximate surface area is 142 Å². The fourth-order valence-electron chi connectivity index (χ4n) is 1.64. The van der Waals surface area contributed by atoms with Crippen molar-refractivity contribution in [3.05, 3.63) is 57.7 Å². The fourth-order valence-corrected chi connectivity index (χ4v) is 3.11. The maximum Gasteiger partial charge on any atom is 0.326 e. The zero-order valence-electron chi connectivity index (χ0n) is 11.7. The van der Waals surface area contributed by atoms with Gasteiger partial charge in [0.1, 0.15) is 12.3 Å². The topological polar surface area (TPSA) is 72.5 Å². The molecule has 0 saturated heterocycles. The number of halogens is 1. The van der Waals surface area contributed by atoms with Gasteiger partial charge in [-0.05, 0) is 53.8 Å². The van der Waals surface area contributed by atoms with E-state index in [4.69, 9.17) is 4.74 Å². The van der Waals surface area contributed by atoms with Crippen LogP contribution in [0.4, 0.5) is 0 Å². The summed E-state index contributed by atoms with van der Waals surface area (Å²) >= 11 is 2.03. The minimum Gasteiger partial charge on any atom is -0.424 e. The Hall–Kier alpha value is -1.45. The summed E-state index contributed by atoms with van der Waals surface area (Å²) in [6, 6.07) is 13.4. The Morgan fingerprint density at radius 1 is 1.14 bits per heavy atom. The largest absolute Gasteiger partial charge is 0.424 e. The van der Waals surface area contributed by atoms with Gasteiger partial charge in [-0.2, -0.15) is 4.72 Å². The molecular formula is C15H14INO4S. The van der Waals surface area contributed by atoms with Crippen molar-refractivity contribution in [1.82, 2.24) is 4.72 Å². The van der Waals surface area contributed by atoms with Crippen LogP contribution in [0.5, 0.6) is 5.75 Å². The summed E-state index contributed by atoms with van der Waals surface area (Å²) < 4.78 is 32.2. The molecule has 0 heterocycles. The Balaban J connectivity index is 1.98. The highest BCUT2D eigenvalue weighted by Crippen LogP contribution is 2.19. The molecule has 0 atom stereocenters. The maximum atomic E-state index is 12.0. The second kappa shape index (κ2) is 7.21. The predicted molar refractivity (Wildman–Crippen MR) is 91.2 cm³/mol. The van der Waals surface area contributed by atoms with Gasteiger partial charge in [0.15, 0.2) is 0 Å². The maximum absolute atomic E-state index is 12.0. The van der Waals surface area contributed by atoms with Gasteiger partial charge in [-0.3, -0.25) is 4.79 Å². The van der Waals surface area contributed by atoms with Gasteiger partial charge in [0.2, 0.25) is 10.0 Å². The van der Waals surface area contributed by atoms with Gasteiger partial charge < -0.3 is 4.74 Å². The zero-order valence-corrected chi connectivity index (χ0v) is 14.7. The highest BCUT2D eigenvalue weighted by atomic mass is 127. The summed E-state index contributed by atoms with van der Waals surface area (Å²) in [4.78, 5) is 11.9. The first-order chi connectivity index (χ1) is 10.4. The first-order valence-corrected chi connectivity index (χ1v) is 8.96. The van der Waals surface area contributed by atoms with Gasteiger partial charge in [0, 0.05) is 0 Å². The monoisotopic (exact) mass is 431 g/mol. The van der Waals surface area contributed by atoms with Crippen molar-refractivity contribution in [3.63, 3.8) is 0 Å². The Morgan fingerprint density at radius 2 is 1.77 bits per heavy atom. The van der Waals surface area contributed by atoms with Crippen molar-refractivity contribution in [2.75, 3.05) is 6.54 Å². The van der Waals surface area contributed by atoms with E-state index in [-0.39, 0.29) is 4.90 Å². The quantitative estimate of drug-likeness (QED) is 0.449. The third kappa shape index (κ3) is 4.52. The third-order valence-corrected chi connectivity index (χ3v) is 5.11. The lowest BCUT2D eigenvalue weighted by Crippen LogP contribution is -2.32. The summed E-state index contributed by atoms with van der Waals surface area (Å²) in [5.41, 5.74) is 0.956. The van der Waals surface area contributed by atoms with Gasteiger partial charge in [-0.25, -0.2) is 8.42 Å². The van der Waals surface area contributed by atoms with E-state index >= 15 is 0 Å². The van der Waals surface area contributed by atoms with Crippen molar-refractivity contribution in [2.45, 2.75) is 11.8 Å². The highest BCUT2D eigenvalue weighted by molar-refractivity contribution is 14.1. The molecule has 0 aliphatic carbocycles. The summed E-state index contributed by atoms with van der Waals surface area (Å²) in [5, 5.41) is 0. The molecular weight excluding hydrogens is 417 g/mol. The minimum absolute atomic E-state index is 0.111. The van der Waals surface area contributed by atoms with E-state index in [0.29, 0.717) is 5.75 Å². The van der Waals surface area contributed by atoms with E-state index in [1.54, 1.807) is 30.3 Å². The Bertz CT molecular complexity index is 772. The third-order valence-electron chi connectivity index (χ3n) is 2.80. The molecule has 0 aromatic heterocycles. The number of hydrogen-bond acceptors (Lipinski definition) is 4. The molecule has 0 saturated carbocycles. The second-order valence-electron chi connectivity index (χ2n) is 4.54. The van der Waals surface area contributed by atoms with E-state index < -0.39 is 22.5 Å². The van der Waals surface area contributed by atoms with Gasteiger partial charge in [-0.1, -0.05) is 29.8 Å². The standard InChI is InChI=1S/C15H14INO4S/c1-11-6-8-12(9-7-11)22(19,20)17-10-15(18)21-14-5-3-2-4-13(14)16/h2-9,17H,10H2,1H3. The van der Waals surface area contributed by atoms with Crippen LogP contribution in [0.3, 0.4) is 0 Å². The van der Waals surface area contributed by atoms with Gasteiger partial charge in [0.25, 0.3) is 0 Å². The zero-order chi connectivity index (χ0) is 16.2. The molecule has 0 aliphatic heterocycles. The van der Waals surface area contributed by atoms with Crippen LogP contribution in [-0.4, -0.2) is 20.9 Å². The lowest BCUT2D eigenvalue weighted by Gasteiger charge is -2.08. The number of carbonyl (C=O) groups is 1. The molecule has 7 heteroatoms. The van der Waals surface area contributed by atoms with E-state index in [1.807, 2.05) is 35.6 Å². The lowest BCUT2D eigenvalue weighted by molar-refractivity contribution is -0.133. The van der Waals surface area contributed by atoms with E-state index in [0.717, 1.165) is 9.13 Å². The number of ether oxygens (including phenoxy) is 1. The molecule has 0 aliphatic rings. The van der Waals surface area contributed by atoms with Crippen LogP contribution in [0.1, 0.15) is 5.56 Å². The van der Waals surface area contributed by atoms with Crippen molar-refractivity contribution in [3.8, 4) is 5.75 Å². The van der Waals surface area contributed by atoms with Crippen LogP contribution in [0.15, 0.2) is 53.4 Å². The number of esters is 1. The summed E-state index contributed by atoms with van der Waals surface area (Å²) in [6.07, 6.45) is 0. The highest BCUT2D eigenvalue weighted by Gasteiger charge is 2.16. The van der Waals surface area contributed by atoms with Crippen LogP contribution in [0.25, 0.3) is 0 Å². The number of carbonyl (C=O) groups excluding carboxylic acids is 1. The number of benzene rings is 2. The van der Waals surface area contributed by atoms with Crippen molar-refractivity contribution < 1.29 is 17.9 Å². The van der Waals surface area contributed by atoms with Gasteiger partial charge in [0.05, 0.1) is 8.47 Å². The molecule has 2 aromatic rings. The normalized spacial score (nSPS) is 11.2. The summed E-state index contributed by atoms with van der Waals surface area (Å²) in [6.45, 7) is 1.43. The van der Waals surface area contributed by atoms with Crippen molar-refractivity contribution in [2.24, 2.45) is 0 Å². The molecule has 0 amide bonds. The fraction of sp³-hybridized carbons (Fsp3) is 0.133. The van der Waals surface area contributed by atoms with Crippen molar-refractivity contribution in [1.29, 1.82) is 0 Å². The smallest absolute Gasteiger partial charge is 0.326 e. The lowest BCUT2D eigenvalue weighted by atomic mass is 10.2. The van der Waals surface area contributed by atoms with E-state index in [1.165, 1.54) is 12.1 Å². The predicted octanol–water partition coefficient (Wildman–Crippen LogP) is 2.48. The van der Waals surface area contributed by atoms with Crippen LogP contribution < -0.4 is 9.46 Å². The first-order valence-electron chi connectivity index (χ1n) is 6.40.